The molecule has 5 unspecified atom stereocenters. The summed E-state index contributed by atoms with van der Waals surface area (Å²) in [6.07, 6.45) is -0.0513. The van der Waals surface area contributed by atoms with E-state index in [9.17, 15) is 53.4 Å². The maximum atomic E-state index is 13.5. The molecular formula is C28H49N13O11S2. The maximum Gasteiger partial charge on any atom is 0.305 e. The second-order valence-corrected chi connectivity index (χ2v) is 12.1. The molecule has 0 heterocycles. The first-order chi connectivity index (χ1) is 25.4. The number of rotatable bonds is 28. The summed E-state index contributed by atoms with van der Waals surface area (Å²) in [5, 5.41) is 36.0. The number of aliphatic carboxylic acids is 2. The van der Waals surface area contributed by atoms with Crippen LogP contribution in [0.3, 0.4) is 0 Å². The fraction of sp³-hybridized carbons (Fsp3) is 0.607. The zero-order chi connectivity index (χ0) is 41.2. The second kappa shape index (κ2) is 27.4. The van der Waals surface area contributed by atoms with Gasteiger partial charge in [0, 0.05) is 12.3 Å². The first-order valence-corrected chi connectivity index (χ1v) is 17.3. The second-order valence-electron chi connectivity index (χ2n) is 11.3. The largest absolute Gasteiger partial charge is 0.481 e. The monoisotopic (exact) mass is 807 g/mol. The zero-order valence-corrected chi connectivity index (χ0v) is 30.8. The van der Waals surface area contributed by atoms with Gasteiger partial charge in [0.15, 0.2) is 5.11 Å². The Kier molecular flexibility index (Phi) is 24.8. The molecule has 0 rings (SSSR count). The van der Waals surface area contributed by atoms with Crippen molar-refractivity contribution in [2.45, 2.75) is 81.6 Å². The number of nitrogens with one attached hydrogen (secondary N) is 8. The molecule has 26 heteroatoms. The quantitative estimate of drug-likeness (QED) is 0.00872. The smallest absolute Gasteiger partial charge is 0.305 e. The van der Waals surface area contributed by atoms with E-state index >= 15 is 0 Å². The number of nitrogens with zero attached hydrogens (tertiary/aromatic N) is 1. The number of amides is 7. The van der Waals surface area contributed by atoms with E-state index in [0.717, 1.165) is 6.21 Å². The summed E-state index contributed by atoms with van der Waals surface area (Å²) in [7, 11) is 0. The molecule has 54 heavy (non-hydrogen) atoms. The van der Waals surface area contributed by atoms with Crippen molar-refractivity contribution in [2.75, 3.05) is 25.4 Å². The molecule has 7 amide bonds. The predicted molar refractivity (Wildman–Crippen MR) is 198 cm³/mol. The van der Waals surface area contributed by atoms with Crippen molar-refractivity contribution < 1.29 is 53.4 Å². The number of carboxylic acids is 2. The third-order valence-corrected chi connectivity index (χ3v) is 7.39. The number of thiocarbonyl (C=S) groups is 1. The van der Waals surface area contributed by atoms with Crippen molar-refractivity contribution >= 4 is 89.5 Å². The number of hydrazone groups is 1. The van der Waals surface area contributed by atoms with Crippen LogP contribution in [0.4, 0.5) is 0 Å². The topological polar surface area (TPSA) is 407 Å². The average molecular weight is 808 g/mol. The van der Waals surface area contributed by atoms with Gasteiger partial charge in [0.1, 0.15) is 36.4 Å². The van der Waals surface area contributed by atoms with Crippen molar-refractivity contribution in [3.8, 4) is 0 Å². The average Bonchev–Trinajstić information content (AvgIpc) is 3.08. The highest BCUT2D eigenvalue weighted by atomic mass is 32.1. The minimum absolute atomic E-state index is 0.00908. The molecule has 0 radical (unpaired) electrons. The van der Waals surface area contributed by atoms with Gasteiger partial charge in [-0.25, -0.2) is 0 Å². The standard InChI is InChI=1S/C28H49N13O11S2/c29-7-3-1-5-14(23(30)48)38-27(52)17(10-22(46)47)40-25(50)15(39-26(51)16(9-21(44)45)36-19(42)11-34-32)6-2-4-8-33-24(49)18(13-53)37-20(43)12-35-41-28(31)54/h12,14-18,34,53H,1-11,13,29,32H2,(H2,30,48)(H,33,49)(H,36,42)(H,37,43)(H,38,52)(H,39,51)(H,40,50)(H,44,45)(H,46,47)(H3,31,41,54)/b35-12+. The van der Waals surface area contributed by atoms with Crippen LogP contribution in [-0.4, -0.2) is 130 Å². The summed E-state index contributed by atoms with van der Waals surface area (Å²) in [6, 6.07) is -7.31. The molecular weight excluding hydrogens is 759 g/mol. The highest BCUT2D eigenvalue weighted by Crippen LogP contribution is 2.07. The lowest BCUT2D eigenvalue weighted by Crippen LogP contribution is -2.58. The Labute approximate surface area is 320 Å². The van der Waals surface area contributed by atoms with Crippen molar-refractivity contribution in [1.29, 1.82) is 0 Å². The minimum atomic E-state index is -1.77. The Hall–Kier alpha value is -5.18. The van der Waals surface area contributed by atoms with Gasteiger partial charge in [0.25, 0.3) is 5.91 Å². The van der Waals surface area contributed by atoms with Gasteiger partial charge in [-0.05, 0) is 57.3 Å². The van der Waals surface area contributed by atoms with Crippen LogP contribution in [0.5, 0.6) is 0 Å². The van der Waals surface area contributed by atoms with Crippen molar-refractivity contribution in [3.63, 3.8) is 0 Å². The van der Waals surface area contributed by atoms with Gasteiger partial charge in [0.2, 0.25) is 35.4 Å². The van der Waals surface area contributed by atoms with Crippen LogP contribution in [-0.2, 0) is 43.2 Å². The van der Waals surface area contributed by atoms with E-state index in [1.165, 1.54) is 0 Å². The lowest BCUT2D eigenvalue weighted by Gasteiger charge is -2.25. The van der Waals surface area contributed by atoms with Crippen LogP contribution in [0.15, 0.2) is 5.10 Å². The van der Waals surface area contributed by atoms with Gasteiger partial charge in [-0.2, -0.15) is 17.7 Å². The molecule has 18 N–H and O–H groups in total. The lowest BCUT2D eigenvalue weighted by molar-refractivity contribution is -0.141. The number of hydrazine groups is 1. The molecule has 0 bridgehead atoms. The number of carbonyl (C=O) groups excluding carboxylic acids is 7. The Morgan fingerprint density at radius 3 is 1.74 bits per heavy atom. The van der Waals surface area contributed by atoms with E-state index in [4.69, 9.17) is 23.0 Å². The third kappa shape index (κ3) is 22.0. The van der Waals surface area contributed by atoms with Gasteiger partial charge >= 0.3 is 11.9 Å². The first-order valence-electron chi connectivity index (χ1n) is 16.3. The molecule has 0 fully saturated rings. The molecule has 24 nitrogen and oxygen atoms in total. The highest BCUT2D eigenvalue weighted by molar-refractivity contribution is 7.80. The number of unbranched alkanes of at least 4 members (excludes halogenated alkanes) is 2. The van der Waals surface area contributed by atoms with E-state index in [2.05, 4.69) is 67.3 Å². The molecule has 0 spiro atoms. The summed E-state index contributed by atoms with van der Waals surface area (Å²) in [4.78, 5) is 111. The summed E-state index contributed by atoms with van der Waals surface area (Å²) >= 11 is 8.60. The number of hydrogen-bond acceptors (Lipinski definition) is 15. The van der Waals surface area contributed by atoms with E-state index in [1.54, 1.807) is 0 Å². The molecule has 0 aromatic carbocycles. The molecule has 0 aliphatic heterocycles. The predicted octanol–water partition coefficient (Wildman–Crippen LogP) is -6.53. The fourth-order valence-corrected chi connectivity index (χ4v) is 4.65. The Bertz CT molecular complexity index is 1370. The summed E-state index contributed by atoms with van der Waals surface area (Å²) in [5.74, 6) is -4.44. The number of nitrogens with two attached hydrogens (primary N) is 4. The normalized spacial score (nSPS) is 13.5. The number of carboxylic acid groups (broad SMARTS) is 2. The molecule has 0 aliphatic rings. The van der Waals surface area contributed by atoms with Crippen molar-refractivity contribution in [3.05, 3.63) is 0 Å². The Morgan fingerprint density at radius 2 is 1.22 bits per heavy atom. The van der Waals surface area contributed by atoms with Gasteiger partial charge in [-0.1, -0.05) is 0 Å². The highest BCUT2D eigenvalue weighted by Gasteiger charge is 2.32. The van der Waals surface area contributed by atoms with Crippen molar-refractivity contribution in [1.82, 2.24) is 42.8 Å². The number of hydrogen-bond donors (Lipinski definition) is 15. The van der Waals surface area contributed by atoms with Crippen LogP contribution in [0.2, 0.25) is 0 Å². The molecule has 0 aromatic rings. The molecule has 0 aliphatic carbocycles. The minimum Gasteiger partial charge on any atom is -0.481 e. The first kappa shape index (κ1) is 48.8. The zero-order valence-electron chi connectivity index (χ0n) is 29.1. The van der Waals surface area contributed by atoms with E-state index in [0.29, 0.717) is 19.4 Å². The van der Waals surface area contributed by atoms with Crippen LogP contribution in [0.1, 0.15) is 51.4 Å². The van der Waals surface area contributed by atoms with Gasteiger partial charge < -0.3 is 59.3 Å². The van der Waals surface area contributed by atoms with E-state index < -0.39 is 103 Å². The number of thiol groups is 1. The molecule has 0 saturated heterocycles. The van der Waals surface area contributed by atoms with Crippen molar-refractivity contribution in [2.24, 2.45) is 28.1 Å². The Morgan fingerprint density at radius 1 is 0.704 bits per heavy atom. The Balaban J connectivity index is 5.96. The van der Waals surface area contributed by atoms with Crippen LogP contribution in [0, 0.1) is 0 Å². The third-order valence-electron chi connectivity index (χ3n) is 6.94. The summed E-state index contributed by atoms with van der Waals surface area (Å²) < 4.78 is 0. The van der Waals surface area contributed by atoms with Crippen LogP contribution >= 0.6 is 24.8 Å². The SMILES string of the molecule is NCCCCC(NC(=O)C(CC(=O)O)NC(=O)C(CCCCNC(=O)C(CS)NC(=O)/C=N/NC(N)=S)NC(=O)C(CC(=O)O)NC(=O)CNN)C(N)=O. The van der Waals surface area contributed by atoms with E-state index in [1.807, 2.05) is 5.43 Å². The fourth-order valence-electron chi connectivity index (χ4n) is 4.34. The van der Waals surface area contributed by atoms with Gasteiger partial charge in [0.05, 0.1) is 19.4 Å². The molecule has 0 aromatic heterocycles. The summed E-state index contributed by atoms with van der Waals surface area (Å²) in [5.41, 5.74) is 20.2. The number of carbonyl (C=O) groups is 9. The number of primary amides is 1. The molecule has 304 valence electrons. The van der Waals surface area contributed by atoms with Gasteiger partial charge in [-0.15, -0.1) is 0 Å². The van der Waals surface area contributed by atoms with E-state index in [-0.39, 0.29) is 43.1 Å². The molecule has 0 saturated carbocycles. The van der Waals surface area contributed by atoms with Crippen LogP contribution in [0.25, 0.3) is 0 Å². The molecule has 5 atom stereocenters. The lowest BCUT2D eigenvalue weighted by atomic mass is 10.0. The van der Waals surface area contributed by atoms with Gasteiger partial charge in [-0.3, -0.25) is 59.8 Å². The van der Waals surface area contributed by atoms with Crippen LogP contribution < -0.4 is 65.8 Å². The maximum absolute atomic E-state index is 13.5. The summed E-state index contributed by atoms with van der Waals surface area (Å²) in [6.45, 7) is -0.203.